The first kappa shape index (κ1) is 27.9. The van der Waals surface area contributed by atoms with Gasteiger partial charge in [-0.2, -0.15) is 13.2 Å². The van der Waals surface area contributed by atoms with E-state index in [1.54, 1.807) is 24.3 Å². The highest BCUT2D eigenvalue weighted by atomic mass is 32.2. The molecule has 1 aliphatic rings. The molecule has 2 aromatic rings. The number of sulfone groups is 1. The molecule has 1 fully saturated rings. The molecule has 36 heavy (non-hydrogen) atoms. The summed E-state index contributed by atoms with van der Waals surface area (Å²) in [6.07, 6.45) is 0.121. The molecule has 196 valence electrons. The molecule has 0 heterocycles. The van der Waals surface area contributed by atoms with Crippen LogP contribution in [0.4, 0.5) is 18.9 Å². The summed E-state index contributed by atoms with van der Waals surface area (Å²) in [5.41, 5.74) is 4.08. The molecule has 7 nitrogen and oxygen atoms in total. The molecular formula is C24H28F3N3O4S2. The summed E-state index contributed by atoms with van der Waals surface area (Å²) in [6.45, 7) is -0.485. The van der Waals surface area contributed by atoms with Gasteiger partial charge in [0.25, 0.3) is 5.91 Å². The number of carbonyl (C=O) groups excluding carboxylic acids is 2. The van der Waals surface area contributed by atoms with E-state index in [0.29, 0.717) is 18.9 Å². The zero-order valence-electron chi connectivity index (χ0n) is 19.6. The van der Waals surface area contributed by atoms with Crippen LogP contribution in [-0.2, 0) is 20.8 Å². The van der Waals surface area contributed by atoms with Crippen molar-refractivity contribution in [3.8, 4) is 0 Å². The van der Waals surface area contributed by atoms with Gasteiger partial charge in [-0.15, -0.1) is 11.8 Å². The van der Waals surface area contributed by atoms with Gasteiger partial charge in [0.05, 0.1) is 28.3 Å². The van der Waals surface area contributed by atoms with Crippen molar-refractivity contribution < 1.29 is 31.2 Å². The van der Waals surface area contributed by atoms with Gasteiger partial charge in [0, 0.05) is 16.6 Å². The van der Waals surface area contributed by atoms with Crippen LogP contribution in [0.15, 0.2) is 52.3 Å². The SMILES string of the molecule is CSc1ccc(S(=O)(=O)C[C@@H]2CCCC[C@@H]2NC(=O)CNC(=O)c2cc(C(F)(F)F)ccc2N)cc1. The number of benzene rings is 2. The fourth-order valence-corrected chi connectivity index (χ4v) is 6.32. The predicted molar refractivity (Wildman–Crippen MR) is 132 cm³/mol. The van der Waals surface area contributed by atoms with Crippen molar-refractivity contribution in [1.29, 1.82) is 0 Å². The molecule has 12 heteroatoms. The second kappa shape index (κ2) is 11.5. The van der Waals surface area contributed by atoms with E-state index in [0.717, 1.165) is 29.9 Å². The van der Waals surface area contributed by atoms with Crippen molar-refractivity contribution in [2.75, 3.05) is 24.3 Å². The second-order valence-corrected chi connectivity index (χ2v) is 11.6. The van der Waals surface area contributed by atoms with Gasteiger partial charge in [-0.05, 0) is 67.5 Å². The predicted octanol–water partition coefficient (Wildman–Crippen LogP) is 3.89. The molecule has 2 amide bonds. The largest absolute Gasteiger partial charge is 0.416 e. The Hall–Kier alpha value is -2.73. The lowest BCUT2D eigenvalue weighted by atomic mass is 9.86. The molecule has 4 N–H and O–H groups in total. The first-order valence-corrected chi connectivity index (χ1v) is 14.2. The quantitative estimate of drug-likeness (QED) is 0.344. The summed E-state index contributed by atoms with van der Waals surface area (Å²) in [5.74, 6) is -1.90. The smallest absolute Gasteiger partial charge is 0.398 e. The Labute approximate surface area is 212 Å². The maximum absolute atomic E-state index is 13.0. The lowest BCUT2D eigenvalue weighted by Crippen LogP contribution is -2.47. The Kier molecular flexibility index (Phi) is 8.93. The molecule has 2 aromatic carbocycles. The third-order valence-corrected chi connectivity index (χ3v) is 8.74. The number of rotatable bonds is 8. The first-order valence-electron chi connectivity index (χ1n) is 11.3. The van der Waals surface area contributed by atoms with Crippen LogP contribution in [0.2, 0.25) is 0 Å². The molecule has 0 bridgehead atoms. The average Bonchev–Trinajstić information content (AvgIpc) is 2.83. The normalized spacial score (nSPS) is 18.4. The topological polar surface area (TPSA) is 118 Å². The van der Waals surface area contributed by atoms with Crippen molar-refractivity contribution in [2.24, 2.45) is 5.92 Å². The van der Waals surface area contributed by atoms with Crippen LogP contribution in [0.3, 0.4) is 0 Å². The van der Waals surface area contributed by atoms with Crippen LogP contribution < -0.4 is 16.4 Å². The summed E-state index contributed by atoms with van der Waals surface area (Å²) in [5, 5.41) is 5.07. The third kappa shape index (κ3) is 7.16. The van der Waals surface area contributed by atoms with Gasteiger partial charge in [-0.1, -0.05) is 12.8 Å². The lowest BCUT2D eigenvalue weighted by Gasteiger charge is -2.32. The van der Waals surface area contributed by atoms with Crippen molar-refractivity contribution in [3.63, 3.8) is 0 Å². The number of nitrogens with two attached hydrogens (primary N) is 1. The number of thioether (sulfide) groups is 1. The number of carbonyl (C=O) groups is 2. The molecule has 0 radical (unpaired) electrons. The summed E-state index contributed by atoms with van der Waals surface area (Å²) < 4.78 is 64.8. The summed E-state index contributed by atoms with van der Waals surface area (Å²) in [6, 6.07) is 8.64. The highest BCUT2D eigenvalue weighted by molar-refractivity contribution is 7.98. The summed E-state index contributed by atoms with van der Waals surface area (Å²) >= 11 is 1.51. The Morgan fingerprint density at radius 3 is 2.39 bits per heavy atom. The minimum absolute atomic E-state index is 0.121. The number of hydrogen-bond acceptors (Lipinski definition) is 6. The fraction of sp³-hybridized carbons (Fsp3) is 0.417. The Morgan fingerprint density at radius 1 is 1.08 bits per heavy atom. The van der Waals surface area contributed by atoms with Crippen LogP contribution in [0, 0.1) is 5.92 Å². The third-order valence-electron chi connectivity index (χ3n) is 6.14. The molecule has 1 saturated carbocycles. The maximum Gasteiger partial charge on any atom is 0.416 e. The second-order valence-electron chi connectivity index (χ2n) is 8.66. The number of anilines is 1. The standard InChI is InChI=1S/C24H28F3N3O4S2/c1-35-17-7-9-18(10-8-17)36(33,34)14-15-4-2-3-5-21(15)30-22(31)13-29-23(32)19-12-16(24(25,26)27)6-11-20(19)28/h6-12,15,21H,2-5,13-14,28H2,1H3,(H,29,32)(H,30,31)/t15-,21-/m0/s1. The van der Waals surface area contributed by atoms with Crippen LogP contribution in [0.5, 0.6) is 0 Å². The Bertz CT molecular complexity index is 1200. The minimum Gasteiger partial charge on any atom is -0.398 e. The molecule has 0 aliphatic heterocycles. The fourth-order valence-electron chi connectivity index (χ4n) is 4.20. The van der Waals surface area contributed by atoms with Crippen LogP contribution in [-0.4, -0.2) is 44.8 Å². The molecule has 1 aliphatic carbocycles. The summed E-state index contributed by atoms with van der Waals surface area (Å²) in [7, 11) is -3.57. The van der Waals surface area contributed by atoms with Crippen molar-refractivity contribution >= 4 is 39.1 Å². The van der Waals surface area contributed by atoms with E-state index in [1.165, 1.54) is 11.8 Å². The van der Waals surface area contributed by atoms with Gasteiger partial charge in [-0.25, -0.2) is 8.42 Å². The monoisotopic (exact) mass is 543 g/mol. The molecule has 0 spiro atoms. The molecule has 2 atom stereocenters. The molecule has 0 saturated heterocycles. The number of halogens is 3. The Morgan fingerprint density at radius 2 is 1.75 bits per heavy atom. The number of nitrogen functional groups attached to an aromatic ring is 1. The van der Waals surface area contributed by atoms with E-state index in [1.807, 2.05) is 6.26 Å². The van der Waals surface area contributed by atoms with Gasteiger partial charge in [-0.3, -0.25) is 9.59 Å². The van der Waals surface area contributed by atoms with Gasteiger partial charge < -0.3 is 16.4 Å². The number of nitrogens with one attached hydrogen (secondary N) is 2. The van der Waals surface area contributed by atoms with E-state index in [4.69, 9.17) is 5.73 Å². The minimum atomic E-state index is -4.65. The van der Waals surface area contributed by atoms with Crippen LogP contribution in [0.1, 0.15) is 41.6 Å². The maximum atomic E-state index is 13.0. The van der Waals surface area contributed by atoms with Gasteiger partial charge in [0.2, 0.25) is 5.91 Å². The van der Waals surface area contributed by atoms with Crippen LogP contribution in [0.25, 0.3) is 0 Å². The van der Waals surface area contributed by atoms with E-state index >= 15 is 0 Å². The highest BCUT2D eigenvalue weighted by Crippen LogP contribution is 2.31. The van der Waals surface area contributed by atoms with E-state index in [-0.39, 0.29) is 27.8 Å². The Balaban J connectivity index is 1.61. The number of hydrogen-bond donors (Lipinski definition) is 3. The van der Waals surface area contributed by atoms with E-state index < -0.39 is 46.0 Å². The summed E-state index contributed by atoms with van der Waals surface area (Å²) in [4.78, 5) is 26.1. The van der Waals surface area contributed by atoms with Crippen molar-refractivity contribution in [3.05, 3.63) is 53.6 Å². The molecular weight excluding hydrogens is 515 g/mol. The number of amides is 2. The molecule has 0 aromatic heterocycles. The van der Waals surface area contributed by atoms with E-state index in [9.17, 15) is 31.2 Å². The average molecular weight is 544 g/mol. The zero-order chi connectivity index (χ0) is 26.5. The van der Waals surface area contributed by atoms with Crippen molar-refractivity contribution in [2.45, 2.75) is 47.7 Å². The van der Waals surface area contributed by atoms with Gasteiger partial charge >= 0.3 is 6.18 Å². The highest BCUT2D eigenvalue weighted by Gasteiger charge is 2.33. The molecule has 0 unspecified atom stereocenters. The van der Waals surface area contributed by atoms with Crippen LogP contribution >= 0.6 is 11.8 Å². The number of alkyl halides is 3. The first-order chi connectivity index (χ1) is 16.9. The lowest BCUT2D eigenvalue weighted by molar-refractivity contribution is -0.137. The zero-order valence-corrected chi connectivity index (χ0v) is 21.2. The van der Waals surface area contributed by atoms with Gasteiger partial charge in [0.15, 0.2) is 9.84 Å². The van der Waals surface area contributed by atoms with Crippen molar-refractivity contribution in [1.82, 2.24) is 10.6 Å². The van der Waals surface area contributed by atoms with Gasteiger partial charge in [0.1, 0.15) is 0 Å². The molecule has 3 rings (SSSR count). The van der Waals surface area contributed by atoms with E-state index in [2.05, 4.69) is 10.6 Å².